The average molecular weight is 450 g/mol. The molecule has 30 heavy (non-hydrogen) atoms. The lowest BCUT2D eigenvalue weighted by Gasteiger charge is -2.09. The lowest BCUT2D eigenvalue weighted by molar-refractivity contribution is -0.131. The van der Waals surface area contributed by atoms with Gasteiger partial charge in [-0.3, -0.25) is 4.79 Å². The lowest BCUT2D eigenvalue weighted by atomic mass is 10.2. The van der Waals surface area contributed by atoms with Crippen LogP contribution < -0.4 is 10.4 Å². The molecule has 1 aromatic heterocycles. The van der Waals surface area contributed by atoms with Crippen molar-refractivity contribution in [3.63, 3.8) is 0 Å². The minimum absolute atomic E-state index is 0.00954. The Morgan fingerprint density at radius 3 is 2.67 bits per heavy atom. The first-order valence-electron chi connectivity index (χ1n) is 8.80. The number of hydrogen-bond donors (Lipinski definition) is 1. The van der Waals surface area contributed by atoms with Gasteiger partial charge in [0.25, 0.3) is 4.90 Å². The molecule has 1 heterocycles. The first-order valence-corrected chi connectivity index (χ1v) is 11.0. The second kappa shape index (κ2) is 9.23. The third-order valence-electron chi connectivity index (χ3n) is 4.13. The smallest absolute Gasteiger partial charge is 0.396 e. The highest BCUT2D eigenvalue weighted by Crippen LogP contribution is 2.31. The summed E-state index contributed by atoms with van der Waals surface area (Å²) in [5.74, 6) is -0.982. The first kappa shape index (κ1) is 21.7. The summed E-state index contributed by atoms with van der Waals surface area (Å²) >= 11 is 5.90. The van der Waals surface area contributed by atoms with Gasteiger partial charge in [-0.1, -0.05) is 23.7 Å². The van der Waals surface area contributed by atoms with Crippen molar-refractivity contribution in [2.45, 2.75) is 11.8 Å². The summed E-state index contributed by atoms with van der Waals surface area (Å²) in [5, 5.41) is 11.3. The van der Waals surface area contributed by atoms with Gasteiger partial charge in [-0.05, 0) is 24.3 Å². The molecule has 3 rings (SSSR count). The number of benzene rings is 2. The van der Waals surface area contributed by atoms with Crippen LogP contribution in [0.4, 0.5) is 0 Å². The van der Waals surface area contributed by atoms with Gasteiger partial charge in [-0.2, -0.15) is 0 Å². The molecule has 0 spiro atoms. The van der Waals surface area contributed by atoms with Crippen molar-refractivity contribution in [3.8, 4) is 11.5 Å². The van der Waals surface area contributed by atoms with Crippen molar-refractivity contribution in [3.05, 3.63) is 63.5 Å². The van der Waals surface area contributed by atoms with Crippen LogP contribution in [-0.2, 0) is 20.4 Å². The SMILES string of the molecule is CC(=O)Oc1ccccc1C(=O)OCC[S+](C)c1c(O)c2ccc(Cl)cc2oc1=O. The van der Waals surface area contributed by atoms with Crippen LogP contribution in [0.5, 0.6) is 11.5 Å². The maximum atomic E-state index is 12.4. The number of hydrogen-bond acceptors (Lipinski definition) is 7. The van der Waals surface area contributed by atoms with Crippen LogP contribution in [0, 0.1) is 0 Å². The van der Waals surface area contributed by atoms with Crippen molar-refractivity contribution < 1.29 is 28.6 Å². The van der Waals surface area contributed by atoms with Gasteiger partial charge in [-0.15, -0.1) is 0 Å². The Hall–Kier alpha value is -2.97. The Kier molecular flexibility index (Phi) is 6.69. The fraction of sp³-hybridized carbons (Fsp3) is 0.190. The number of ether oxygens (including phenoxy) is 2. The van der Waals surface area contributed by atoms with Gasteiger partial charge in [0.05, 0.1) is 5.39 Å². The van der Waals surface area contributed by atoms with E-state index in [4.69, 9.17) is 25.5 Å². The summed E-state index contributed by atoms with van der Waals surface area (Å²) in [5.41, 5.74) is -0.354. The third-order valence-corrected chi connectivity index (χ3v) is 6.20. The second-order valence-corrected chi connectivity index (χ2v) is 8.80. The summed E-state index contributed by atoms with van der Waals surface area (Å²) < 4.78 is 15.6. The molecule has 156 valence electrons. The van der Waals surface area contributed by atoms with E-state index in [1.807, 2.05) is 0 Å². The van der Waals surface area contributed by atoms with Crippen LogP contribution in [0.15, 0.2) is 56.6 Å². The molecular formula is C21H18ClO7S+. The fourth-order valence-corrected chi connectivity index (χ4v) is 4.23. The highest BCUT2D eigenvalue weighted by atomic mass is 35.5. The van der Waals surface area contributed by atoms with E-state index < -0.39 is 28.5 Å². The molecule has 1 N–H and O–H groups in total. The Bertz CT molecular complexity index is 1170. The van der Waals surface area contributed by atoms with E-state index in [0.29, 0.717) is 16.2 Å². The average Bonchev–Trinajstić information content (AvgIpc) is 2.67. The zero-order valence-corrected chi connectivity index (χ0v) is 17.7. The van der Waals surface area contributed by atoms with Crippen molar-refractivity contribution in [1.82, 2.24) is 0 Å². The van der Waals surface area contributed by atoms with Gasteiger partial charge in [0.1, 0.15) is 35.5 Å². The maximum Gasteiger partial charge on any atom is 0.396 e. The predicted octanol–water partition coefficient (Wildman–Crippen LogP) is 3.54. The van der Waals surface area contributed by atoms with Crippen molar-refractivity contribution in [2.75, 3.05) is 18.6 Å². The number of carbonyl (C=O) groups excluding carboxylic acids is 2. The van der Waals surface area contributed by atoms with Gasteiger partial charge in [0.2, 0.25) is 0 Å². The van der Waals surface area contributed by atoms with Gasteiger partial charge >= 0.3 is 17.6 Å². The van der Waals surface area contributed by atoms with Crippen molar-refractivity contribution >= 4 is 45.4 Å². The Labute approximate surface area is 179 Å². The van der Waals surface area contributed by atoms with Gasteiger partial charge in [0, 0.05) is 28.9 Å². The van der Waals surface area contributed by atoms with E-state index in [9.17, 15) is 19.5 Å². The Morgan fingerprint density at radius 1 is 1.20 bits per heavy atom. The minimum Gasteiger partial charge on any atom is -0.503 e. The van der Waals surface area contributed by atoms with Crippen LogP contribution in [0.1, 0.15) is 17.3 Å². The highest BCUT2D eigenvalue weighted by molar-refractivity contribution is 7.96. The quantitative estimate of drug-likeness (QED) is 0.265. The number of halogens is 1. The largest absolute Gasteiger partial charge is 0.503 e. The molecule has 0 fully saturated rings. The number of aromatic hydroxyl groups is 1. The van der Waals surface area contributed by atoms with Crippen molar-refractivity contribution in [1.29, 1.82) is 0 Å². The first-order chi connectivity index (χ1) is 14.3. The molecule has 0 bridgehead atoms. The topological polar surface area (TPSA) is 103 Å². The molecular weight excluding hydrogens is 432 g/mol. The molecule has 3 aromatic rings. The monoisotopic (exact) mass is 449 g/mol. The van der Waals surface area contributed by atoms with E-state index in [2.05, 4.69) is 0 Å². The molecule has 0 saturated carbocycles. The molecule has 0 saturated heterocycles. The number of para-hydroxylation sites is 1. The standard InChI is InChI=1S/C21H17ClO7S/c1-12(23)28-16-6-4-3-5-15(16)20(25)27-9-10-30(2)19-18(24)14-8-7-13(22)11-17(14)29-21(19)26/h3-8,11H,9-10H2,1-2H3/p+1. The number of esters is 2. The molecule has 2 aromatic carbocycles. The maximum absolute atomic E-state index is 12.4. The molecule has 0 aliphatic heterocycles. The molecule has 0 radical (unpaired) electrons. The van der Waals surface area contributed by atoms with E-state index in [0.717, 1.165) is 0 Å². The number of fused-ring (bicyclic) bond motifs is 1. The van der Waals surface area contributed by atoms with E-state index in [1.54, 1.807) is 30.5 Å². The number of rotatable bonds is 6. The Morgan fingerprint density at radius 2 is 1.93 bits per heavy atom. The second-order valence-electron chi connectivity index (χ2n) is 6.27. The van der Waals surface area contributed by atoms with Crippen LogP contribution in [-0.4, -0.2) is 35.7 Å². The Balaban J connectivity index is 1.72. The lowest BCUT2D eigenvalue weighted by Crippen LogP contribution is -2.21. The zero-order chi connectivity index (χ0) is 21.8. The summed E-state index contributed by atoms with van der Waals surface area (Å²) in [7, 11) is -0.757. The van der Waals surface area contributed by atoms with Crippen LogP contribution in [0.3, 0.4) is 0 Å². The molecule has 1 atom stereocenters. The third kappa shape index (κ3) is 4.77. The minimum atomic E-state index is -0.757. The molecule has 1 unspecified atom stereocenters. The predicted molar refractivity (Wildman–Crippen MR) is 114 cm³/mol. The fourth-order valence-electron chi connectivity index (χ4n) is 2.77. The highest BCUT2D eigenvalue weighted by Gasteiger charge is 2.29. The zero-order valence-electron chi connectivity index (χ0n) is 16.1. The van der Waals surface area contributed by atoms with E-state index in [1.165, 1.54) is 25.1 Å². The molecule has 7 nitrogen and oxygen atoms in total. The normalized spacial score (nSPS) is 11.8. The van der Waals surface area contributed by atoms with E-state index >= 15 is 0 Å². The van der Waals surface area contributed by atoms with Gasteiger partial charge in [0.15, 0.2) is 5.75 Å². The van der Waals surface area contributed by atoms with Crippen LogP contribution in [0.25, 0.3) is 11.0 Å². The summed E-state index contributed by atoms with van der Waals surface area (Å²) in [4.78, 5) is 36.0. The molecule has 0 aliphatic rings. The van der Waals surface area contributed by atoms with Gasteiger partial charge in [-0.25, -0.2) is 9.59 Å². The summed E-state index contributed by atoms with van der Waals surface area (Å²) in [6, 6.07) is 10.9. The van der Waals surface area contributed by atoms with Crippen molar-refractivity contribution in [2.24, 2.45) is 0 Å². The molecule has 9 heteroatoms. The van der Waals surface area contributed by atoms with Crippen LogP contribution in [0.2, 0.25) is 5.02 Å². The number of carbonyl (C=O) groups is 2. The van der Waals surface area contributed by atoms with Gasteiger partial charge < -0.3 is 19.0 Å². The summed E-state index contributed by atoms with van der Waals surface area (Å²) in [6.45, 7) is 1.23. The van der Waals surface area contributed by atoms with E-state index in [-0.39, 0.29) is 34.1 Å². The van der Waals surface area contributed by atoms with Crippen LogP contribution >= 0.6 is 11.6 Å². The summed E-state index contributed by atoms with van der Waals surface area (Å²) in [6.07, 6.45) is 1.74. The molecule has 0 amide bonds. The molecule has 0 aliphatic carbocycles.